The molecule has 0 radical (unpaired) electrons. The van der Waals surface area contributed by atoms with Crippen LogP contribution in [0.25, 0.3) is 11.3 Å². The van der Waals surface area contributed by atoms with Gasteiger partial charge in [0.05, 0.1) is 33.9 Å². The van der Waals surface area contributed by atoms with Gasteiger partial charge in [-0.2, -0.15) is 13.2 Å². The van der Waals surface area contributed by atoms with Gasteiger partial charge in [0, 0.05) is 25.9 Å². The normalized spacial score (nSPS) is 12.2. The summed E-state index contributed by atoms with van der Waals surface area (Å²) in [6.45, 7) is 0. The van der Waals surface area contributed by atoms with E-state index >= 15 is 0 Å². The van der Waals surface area contributed by atoms with Crippen molar-refractivity contribution < 1.29 is 21.6 Å². The first-order valence-electron chi connectivity index (χ1n) is 8.50. The lowest BCUT2D eigenvalue weighted by Gasteiger charge is -2.26. The number of hydrogen-bond donors (Lipinski definition) is 1. The molecule has 0 saturated carbocycles. The summed E-state index contributed by atoms with van der Waals surface area (Å²) in [5, 5.41) is 0. The third-order valence-electron chi connectivity index (χ3n) is 4.46. The number of benzene rings is 2. The molecule has 0 unspecified atom stereocenters. The first-order chi connectivity index (χ1) is 13.5. The quantitative estimate of drug-likeness (QED) is 0.677. The van der Waals surface area contributed by atoms with Gasteiger partial charge in [0.25, 0.3) is 0 Å². The first kappa shape index (κ1) is 20.9. The minimum Gasteiger partial charge on any atom is -0.344 e. The molecule has 3 rings (SSSR count). The lowest BCUT2D eigenvalue weighted by molar-refractivity contribution is -0.137. The van der Waals surface area contributed by atoms with Crippen molar-refractivity contribution in [2.75, 3.05) is 19.0 Å². The zero-order valence-corrected chi connectivity index (χ0v) is 16.7. The van der Waals surface area contributed by atoms with Gasteiger partial charge in [-0.1, -0.05) is 12.1 Å². The molecular weight excluding hydrogens is 405 g/mol. The molecular formula is C19H19F3N4O2S. The molecule has 2 aromatic carbocycles. The number of aromatic nitrogens is 2. The smallest absolute Gasteiger partial charge is 0.344 e. The van der Waals surface area contributed by atoms with Gasteiger partial charge >= 0.3 is 6.18 Å². The van der Waals surface area contributed by atoms with Gasteiger partial charge in [-0.3, -0.25) is 0 Å². The predicted octanol–water partition coefficient (Wildman–Crippen LogP) is 3.78. The third-order valence-corrected chi connectivity index (χ3v) is 5.87. The lowest BCUT2D eigenvalue weighted by atomic mass is 10.1. The molecule has 0 aliphatic heterocycles. The highest BCUT2D eigenvalue weighted by molar-refractivity contribution is 7.89. The van der Waals surface area contributed by atoms with Gasteiger partial charge in [-0.05, 0) is 37.4 Å². The van der Waals surface area contributed by atoms with E-state index in [1.165, 1.54) is 61.7 Å². The molecule has 0 saturated heterocycles. The fourth-order valence-electron chi connectivity index (χ4n) is 2.99. The van der Waals surface area contributed by atoms with E-state index in [-0.39, 0.29) is 10.6 Å². The van der Waals surface area contributed by atoms with Gasteiger partial charge in [0.15, 0.2) is 0 Å². The summed E-state index contributed by atoms with van der Waals surface area (Å²) in [6.07, 6.45) is -1.34. The first-order valence-corrected chi connectivity index (χ1v) is 9.99. The molecule has 1 N–H and O–H groups in total. The molecule has 3 aromatic rings. The Kier molecular flexibility index (Phi) is 5.42. The SMILES string of the molecule is CNS(=O)(=O)c1ccc(N(C)c2ccccc2C(F)(F)F)c(-c2cn(C)cn2)c1. The second-order valence-electron chi connectivity index (χ2n) is 6.38. The van der Waals surface area contributed by atoms with Crippen molar-refractivity contribution in [3.8, 4) is 11.3 Å². The van der Waals surface area contributed by atoms with E-state index in [9.17, 15) is 21.6 Å². The maximum absolute atomic E-state index is 13.5. The van der Waals surface area contributed by atoms with Gasteiger partial charge in [-0.15, -0.1) is 0 Å². The number of nitrogens with one attached hydrogen (secondary N) is 1. The summed E-state index contributed by atoms with van der Waals surface area (Å²) in [6, 6.07) is 9.43. The van der Waals surface area contributed by atoms with Crippen LogP contribution < -0.4 is 9.62 Å². The maximum Gasteiger partial charge on any atom is 0.418 e. The van der Waals surface area contributed by atoms with Crippen LogP contribution in [0.15, 0.2) is 59.9 Å². The van der Waals surface area contributed by atoms with Crippen LogP contribution in [-0.2, 0) is 23.2 Å². The van der Waals surface area contributed by atoms with Crippen molar-refractivity contribution in [2.45, 2.75) is 11.1 Å². The van der Waals surface area contributed by atoms with E-state index in [1.807, 2.05) is 0 Å². The van der Waals surface area contributed by atoms with Crippen molar-refractivity contribution in [1.82, 2.24) is 14.3 Å². The average Bonchev–Trinajstić information content (AvgIpc) is 3.12. The van der Waals surface area contributed by atoms with Crippen LogP contribution in [0.5, 0.6) is 0 Å². The molecule has 1 heterocycles. The number of sulfonamides is 1. The number of imidazole rings is 1. The van der Waals surface area contributed by atoms with E-state index in [1.54, 1.807) is 17.8 Å². The molecule has 0 amide bonds. The average molecular weight is 424 g/mol. The predicted molar refractivity (Wildman–Crippen MR) is 104 cm³/mol. The van der Waals surface area contributed by atoms with E-state index in [2.05, 4.69) is 9.71 Å². The summed E-state index contributed by atoms with van der Waals surface area (Å²) < 4.78 is 68.8. The molecule has 0 spiro atoms. The minimum atomic E-state index is -4.54. The number of halogens is 3. The summed E-state index contributed by atoms with van der Waals surface area (Å²) in [7, 11) is 0.785. The molecule has 1 aromatic heterocycles. The highest BCUT2D eigenvalue weighted by Crippen LogP contribution is 2.41. The second kappa shape index (κ2) is 7.53. The van der Waals surface area contributed by atoms with Crippen LogP contribution in [0.1, 0.15) is 5.56 Å². The molecule has 6 nitrogen and oxygen atoms in total. The van der Waals surface area contributed by atoms with Crippen molar-refractivity contribution >= 4 is 21.4 Å². The standard InChI is InChI=1S/C19H19F3N4O2S/c1-23-29(27,28)13-8-9-17(14(10-13)16-11-25(2)12-24-16)26(3)18-7-5-4-6-15(18)19(20,21)22/h4-12,23H,1-3H3. The lowest BCUT2D eigenvalue weighted by Crippen LogP contribution is -2.20. The zero-order chi connectivity index (χ0) is 21.4. The zero-order valence-electron chi connectivity index (χ0n) is 15.9. The maximum atomic E-state index is 13.5. The van der Waals surface area contributed by atoms with E-state index in [0.29, 0.717) is 16.9 Å². The Labute approximate surface area is 166 Å². The Hall–Kier alpha value is -2.85. The Morgan fingerprint density at radius 3 is 2.38 bits per heavy atom. The number of rotatable bonds is 5. The van der Waals surface area contributed by atoms with Crippen LogP contribution in [0.4, 0.5) is 24.5 Å². The van der Waals surface area contributed by atoms with Crippen molar-refractivity contribution in [2.24, 2.45) is 7.05 Å². The van der Waals surface area contributed by atoms with E-state index < -0.39 is 21.8 Å². The van der Waals surface area contributed by atoms with Crippen molar-refractivity contribution in [3.05, 3.63) is 60.6 Å². The van der Waals surface area contributed by atoms with Crippen molar-refractivity contribution in [3.63, 3.8) is 0 Å². The molecule has 154 valence electrons. The summed E-state index contributed by atoms with van der Waals surface area (Å²) >= 11 is 0. The topological polar surface area (TPSA) is 67.2 Å². The van der Waals surface area contributed by atoms with E-state index in [0.717, 1.165) is 6.07 Å². The number of aryl methyl sites for hydroxylation is 1. The van der Waals surface area contributed by atoms with Crippen LogP contribution in [-0.4, -0.2) is 32.1 Å². The monoisotopic (exact) mass is 424 g/mol. The number of hydrogen-bond acceptors (Lipinski definition) is 4. The number of anilines is 2. The Morgan fingerprint density at radius 1 is 1.10 bits per heavy atom. The molecule has 0 aliphatic carbocycles. The fraction of sp³-hybridized carbons (Fsp3) is 0.211. The second-order valence-corrected chi connectivity index (χ2v) is 8.27. The largest absolute Gasteiger partial charge is 0.418 e. The summed E-state index contributed by atoms with van der Waals surface area (Å²) in [5.41, 5.74) is 0.367. The Balaban J connectivity index is 2.22. The number of nitrogens with zero attached hydrogens (tertiary/aromatic N) is 3. The van der Waals surface area contributed by atoms with Crippen LogP contribution >= 0.6 is 0 Å². The number of para-hydroxylation sites is 1. The van der Waals surface area contributed by atoms with Gasteiger partial charge in [-0.25, -0.2) is 18.1 Å². The van der Waals surface area contributed by atoms with Crippen molar-refractivity contribution in [1.29, 1.82) is 0 Å². The van der Waals surface area contributed by atoms with E-state index in [4.69, 9.17) is 0 Å². The Bertz CT molecular complexity index is 1140. The third kappa shape index (κ3) is 4.13. The summed E-state index contributed by atoms with van der Waals surface area (Å²) in [5.74, 6) is 0. The minimum absolute atomic E-state index is 0.0121. The molecule has 29 heavy (non-hydrogen) atoms. The highest BCUT2D eigenvalue weighted by Gasteiger charge is 2.34. The van der Waals surface area contributed by atoms with Crippen LogP contribution in [0.2, 0.25) is 0 Å². The molecule has 0 bridgehead atoms. The number of alkyl halides is 3. The van der Waals surface area contributed by atoms with Gasteiger partial charge in [0.1, 0.15) is 0 Å². The molecule has 10 heteroatoms. The highest BCUT2D eigenvalue weighted by atomic mass is 32.2. The molecule has 0 atom stereocenters. The fourth-order valence-corrected chi connectivity index (χ4v) is 3.74. The molecule has 0 aliphatic rings. The van der Waals surface area contributed by atoms with Gasteiger partial charge in [0.2, 0.25) is 10.0 Å². The Morgan fingerprint density at radius 2 is 1.79 bits per heavy atom. The van der Waals surface area contributed by atoms with Gasteiger partial charge < -0.3 is 9.47 Å². The van der Waals surface area contributed by atoms with Crippen LogP contribution in [0.3, 0.4) is 0 Å². The molecule has 0 fully saturated rings. The summed E-state index contributed by atoms with van der Waals surface area (Å²) in [4.78, 5) is 5.61. The van der Waals surface area contributed by atoms with Crippen LogP contribution in [0, 0.1) is 0 Å².